The van der Waals surface area contributed by atoms with Crippen LogP contribution in [-0.4, -0.2) is 53.1 Å². The average Bonchev–Trinajstić information content (AvgIpc) is 2.83. The van der Waals surface area contributed by atoms with Gasteiger partial charge in [0.15, 0.2) is 17.3 Å². The molecule has 1 saturated heterocycles. The van der Waals surface area contributed by atoms with E-state index in [1.54, 1.807) is 24.0 Å². The first-order chi connectivity index (χ1) is 16.8. The normalized spacial score (nSPS) is 21.6. The first-order valence-corrected chi connectivity index (χ1v) is 10.8. The lowest BCUT2D eigenvalue weighted by Crippen LogP contribution is -2.57. The zero-order chi connectivity index (χ0) is 26.7. The lowest BCUT2D eigenvalue weighted by molar-refractivity contribution is -0.138. The number of aliphatic imine (C=N–C) groups is 2. The third-order valence-corrected chi connectivity index (χ3v) is 5.74. The lowest BCUT2D eigenvalue weighted by Gasteiger charge is -2.41. The summed E-state index contributed by atoms with van der Waals surface area (Å²) in [4.78, 5) is 30.3. The van der Waals surface area contributed by atoms with Crippen molar-refractivity contribution in [3.8, 4) is 0 Å². The van der Waals surface area contributed by atoms with Crippen LogP contribution in [0.3, 0.4) is 0 Å². The van der Waals surface area contributed by atoms with Crippen molar-refractivity contribution in [1.82, 2.24) is 9.97 Å². The first-order valence-electron chi connectivity index (χ1n) is 10.8. The fourth-order valence-corrected chi connectivity index (χ4v) is 3.60. The van der Waals surface area contributed by atoms with Gasteiger partial charge >= 0.3 is 6.18 Å². The summed E-state index contributed by atoms with van der Waals surface area (Å²) in [6.45, 7) is 6.55. The SMILES string of the molecule is C=N/C(N)=C(\N=C(/C)c1ncccc1C(F)(F)F)C(=O)Nc1ncccc1N1CCC(C)(N)C(F)C1. The summed E-state index contributed by atoms with van der Waals surface area (Å²) >= 11 is 0. The number of hydrogen-bond acceptors (Lipinski definition) is 8. The van der Waals surface area contributed by atoms with Crippen molar-refractivity contribution in [2.24, 2.45) is 21.5 Å². The Kier molecular flexibility index (Phi) is 7.72. The molecule has 1 aliphatic heterocycles. The molecule has 1 amide bonds. The number of nitrogens with one attached hydrogen (secondary N) is 1. The van der Waals surface area contributed by atoms with Crippen LogP contribution in [0.5, 0.6) is 0 Å². The predicted octanol–water partition coefficient (Wildman–Crippen LogP) is 3.04. The maximum atomic E-state index is 14.6. The fourth-order valence-electron chi connectivity index (χ4n) is 3.60. The van der Waals surface area contributed by atoms with Gasteiger partial charge in [-0.3, -0.25) is 9.78 Å². The standard InChI is InChI=1S/C23H26F4N8O/c1-13(17-14(23(25,26)27)6-4-9-31-17)33-18(19(28)30-3)21(36)34-20-15(7-5-10-32-20)35-11-8-22(2,29)16(24)12-35/h4-7,9-10,16H,3,8,11-12,28-29H2,1-2H3,(H,32,34,36)/b19-18-,33-13+. The van der Waals surface area contributed by atoms with E-state index >= 15 is 0 Å². The molecule has 0 saturated carbocycles. The second-order valence-electron chi connectivity index (χ2n) is 8.48. The third-order valence-electron chi connectivity index (χ3n) is 5.74. The van der Waals surface area contributed by atoms with Crippen molar-refractivity contribution in [2.45, 2.75) is 38.2 Å². The van der Waals surface area contributed by atoms with E-state index in [9.17, 15) is 22.4 Å². The molecule has 0 aromatic carbocycles. The van der Waals surface area contributed by atoms with Gasteiger partial charge < -0.3 is 21.7 Å². The van der Waals surface area contributed by atoms with Gasteiger partial charge in [-0.05, 0) is 51.3 Å². The van der Waals surface area contributed by atoms with Crippen molar-refractivity contribution >= 4 is 29.8 Å². The summed E-state index contributed by atoms with van der Waals surface area (Å²) < 4.78 is 54.9. The van der Waals surface area contributed by atoms with E-state index in [1.165, 1.54) is 19.3 Å². The Bertz CT molecular complexity index is 1210. The highest BCUT2D eigenvalue weighted by molar-refractivity contribution is 6.08. The van der Waals surface area contributed by atoms with E-state index in [0.717, 1.165) is 12.1 Å². The van der Waals surface area contributed by atoms with Gasteiger partial charge in [0, 0.05) is 24.5 Å². The highest BCUT2D eigenvalue weighted by Crippen LogP contribution is 2.32. The monoisotopic (exact) mass is 506 g/mol. The number of nitrogens with two attached hydrogens (primary N) is 2. The van der Waals surface area contributed by atoms with Gasteiger partial charge in [-0.15, -0.1) is 0 Å². The van der Waals surface area contributed by atoms with E-state index in [4.69, 9.17) is 11.5 Å². The molecule has 3 rings (SSSR count). The Morgan fingerprint density at radius 3 is 2.58 bits per heavy atom. The van der Waals surface area contributed by atoms with Crippen molar-refractivity contribution < 1.29 is 22.4 Å². The molecule has 9 nitrogen and oxygen atoms in total. The van der Waals surface area contributed by atoms with E-state index in [2.05, 4.69) is 32.0 Å². The molecule has 2 aromatic rings. The number of rotatable bonds is 6. The number of hydrogen-bond donors (Lipinski definition) is 3. The highest BCUT2D eigenvalue weighted by atomic mass is 19.4. The number of piperidine rings is 1. The number of amides is 1. The van der Waals surface area contributed by atoms with Gasteiger partial charge in [0.05, 0.1) is 29.2 Å². The minimum atomic E-state index is -4.69. The Morgan fingerprint density at radius 2 is 1.94 bits per heavy atom. The first kappa shape index (κ1) is 26.7. The Hall–Kier alpha value is -3.87. The van der Waals surface area contributed by atoms with Crippen LogP contribution in [0.4, 0.5) is 29.1 Å². The molecule has 2 atom stereocenters. The Balaban J connectivity index is 1.94. The maximum Gasteiger partial charge on any atom is 0.418 e. The molecule has 1 fully saturated rings. The summed E-state index contributed by atoms with van der Waals surface area (Å²) in [5, 5.41) is 2.54. The van der Waals surface area contributed by atoms with Crippen LogP contribution in [0.25, 0.3) is 0 Å². The van der Waals surface area contributed by atoms with E-state index in [-0.39, 0.29) is 18.1 Å². The molecule has 0 aliphatic carbocycles. The van der Waals surface area contributed by atoms with Gasteiger partial charge in [-0.1, -0.05) is 0 Å². The van der Waals surface area contributed by atoms with Crippen LogP contribution < -0.4 is 21.7 Å². The van der Waals surface area contributed by atoms with Gasteiger partial charge in [-0.25, -0.2) is 19.4 Å². The molecule has 192 valence electrons. The number of nitrogens with zero attached hydrogens (tertiary/aromatic N) is 5. The quantitative estimate of drug-likeness (QED) is 0.313. The molecule has 2 aromatic heterocycles. The lowest BCUT2D eigenvalue weighted by atomic mass is 9.89. The number of halogens is 4. The third kappa shape index (κ3) is 5.85. The fraction of sp³-hybridized carbons (Fsp3) is 0.348. The smallest absolute Gasteiger partial charge is 0.382 e. The van der Waals surface area contributed by atoms with Crippen molar-refractivity contribution in [3.05, 3.63) is 59.4 Å². The van der Waals surface area contributed by atoms with Crippen LogP contribution >= 0.6 is 0 Å². The summed E-state index contributed by atoms with van der Waals surface area (Å²) in [5.41, 5.74) is 9.02. The largest absolute Gasteiger partial charge is 0.418 e. The molecule has 0 radical (unpaired) electrons. The van der Waals surface area contributed by atoms with Crippen molar-refractivity contribution in [3.63, 3.8) is 0 Å². The molecule has 3 heterocycles. The molecular weight excluding hydrogens is 480 g/mol. The second-order valence-corrected chi connectivity index (χ2v) is 8.48. The van der Waals surface area contributed by atoms with Crippen LogP contribution in [0.2, 0.25) is 0 Å². The summed E-state index contributed by atoms with van der Waals surface area (Å²) in [7, 11) is 0. The number of carbonyl (C=O) groups is 1. The van der Waals surface area contributed by atoms with Crippen LogP contribution in [-0.2, 0) is 11.0 Å². The maximum absolute atomic E-state index is 14.6. The number of aromatic nitrogens is 2. The van der Waals surface area contributed by atoms with Gasteiger partial charge in [-0.2, -0.15) is 13.2 Å². The summed E-state index contributed by atoms with van der Waals surface area (Å²) in [6.07, 6.45) is -3.06. The number of anilines is 2. The summed E-state index contributed by atoms with van der Waals surface area (Å²) in [6, 6.07) is 5.25. The highest BCUT2D eigenvalue weighted by Gasteiger charge is 2.37. The zero-order valence-corrected chi connectivity index (χ0v) is 19.7. The Morgan fingerprint density at radius 1 is 1.28 bits per heavy atom. The van der Waals surface area contributed by atoms with Gasteiger partial charge in [0.25, 0.3) is 5.91 Å². The van der Waals surface area contributed by atoms with Crippen molar-refractivity contribution in [1.29, 1.82) is 0 Å². The van der Waals surface area contributed by atoms with E-state index in [0.29, 0.717) is 18.7 Å². The molecule has 0 bridgehead atoms. The average molecular weight is 507 g/mol. The molecule has 36 heavy (non-hydrogen) atoms. The van der Waals surface area contributed by atoms with Crippen molar-refractivity contribution in [2.75, 3.05) is 23.3 Å². The van der Waals surface area contributed by atoms with Gasteiger partial charge in [0.1, 0.15) is 6.17 Å². The second kappa shape index (κ2) is 10.4. The zero-order valence-electron chi connectivity index (χ0n) is 19.7. The Labute approximate surface area is 205 Å². The number of carbonyl (C=O) groups excluding carboxylic acids is 1. The van der Waals surface area contributed by atoms with E-state index < -0.39 is 46.6 Å². The van der Waals surface area contributed by atoms with Crippen LogP contribution in [0, 0.1) is 0 Å². The van der Waals surface area contributed by atoms with E-state index in [1.807, 2.05) is 0 Å². The molecule has 0 spiro atoms. The summed E-state index contributed by atoms with van der Waals surface area (Å²) in [5.74, 6) is -1.25. The molecular formula is C23H26F4N8O. The molecule has 2 unspecified atom stereocenters. The van der Waals surface area contributed by atoms with Crippen LogP contribution in [0.15, 0.2) is 58.2 Å². The van der Waals surface area contributed by atoms with Crippen LogP contribution in [0.1, 0.15) is 31.5 Å². The minimum absolute atomic E-state index is 0.0161. The predicted molar refractivity (Wildman–Crippen MR) is 129 cm³/mol. The number of pyridine rings is 2. The molecule has 13 heteroatoms. The van der Waals surface area contributed by atoms with Gasteiger partial charge in [0.2, 0.25) is 0 Å². The molecule has 1 aliphatic rings. The molecule has 5 N–H and O–H groups in total. The topological polar surface area (TPSA) is 135 Å². The minimum Gasteiger partial charge on any atom is -0.382 e. The number of alkyl halides is 4.